The molecule has 1 fully saturated rings. The highest BCUT2D eigenvalue weighted by molar-refractivity contribution is 9.10. The number of anilines is 2. The zero-order valence-electron chi connectivity index (χ0n) is 16.9. The van der Waals surface area contributed by atoms with Crippen LogP contribution in [0.1, 0.15) is 24.6 Å². The van der Waals surface area contributed by atoms with Gasteiger partial charge in [0.1, 0.15) is 0 Å². The standard InChI is InChI=1S/C23H21BrN4O3/c1-13(29)25-14-5-7-15(8-6-14)28-21(30)11-20(23(28)31)27-10-9-19-17(12-27)16-3-2-4-18(24)22(16)26-19/h2-8,20,26H,9-12H2,1H3,(H,25,29)/t20-/m1/s1. The molecule has 0 saturated carbocycles. The van der Waals surface area contributed by atoms with Crippen LogP contribution >= 0.6 is 15.9 Å². The maximum absolute atomic E-state index is 13.2. The lowest BCUT2D eigenvalue weighted by Gasteiger charge is -2.31. The lowest BCUT2D eigenvalue weighted by molar-refractivity contribution is -0.123. The summed E-state index contributed by atoms with van der Waals surface area (Å²) < 4.78 is 1.02. The van der Waals surface area contributed by atoms with Crippen molar-refractivity contribution in [1.82, 2.24) is 9.88 Å². The molecule has 1 saturated heterocycles. The van der Waals surface area contributed by atoms with Crippen molar-refractivity contribution in [2.45, 2.75) is 32.4 Å². The molecule has 3 amide bonds. The number of nitrogens with zero attached hydrogens (tertiary/aromatic N) is 2. The lowest BCUT2D eigenvalue weighted by Crippen LogP contribution is -2.44. The number of aromatic nitrogens is 1. The van der Waals surface area contributed by atoms with E-state index in [-0.39, 0.29) is 24.1 Å². The predicted molar refractivity (Wildman–Crippen MR) is 122 cm³/mol. The summed E-state index contributed by atoms with van der Waals surface area (Å²) in [5, 5.41) is 3.84. The number of hydrogen-bond donors (Lipinski definition) is 2. The number of nitrogens with one attached hydrogen (secondary N) is 2. The second-order valence-corrected chi connectivity index (χ2v) is 8.83. The largest absolute Gasteiger partial charge is 0.357 e. The van der Waals surface area contributed by atoms with Crippen molar-refractivity contribution in [3.8, 4) is 0 Å². The minimum absolute atomic E-state index is 0.171. The van der Waals surface area contributed by atoms with Gasteiger partial charge < -0.3 is 10.3 Å². The van der Waals surface area contributed by atoms with Crippen molar-refractivity contribution in [1.29, 1.82) is 0 Å². The van der Waals surface area contributed by atoms with E-state index in [1.165, 1.54) is 23.1 Å². The van der Waals surface area contributed by atoms with Gasteiger partial charge in [0, 0.05) is 47.7 Å². The third kappa shape index (κ3) is 3.45. The number of amides is 3. The van der Waals surface area contributed by atoms with Gasteiger partial charge in [-0.25, -0.2) is 4.90 Å². The fourth-order valence-corrected chi connectivity index (χ4v) is 5.02. The lowest BCUT2D eigenvalue weighted by atomic mass is 10.0. The van der Waals surface area contributed by atoms with Gasteiger partial charge in [0.25, 0.3) is 5.91 Å². The molecule has 0 radical (unpaired) electrons. The Morgan fingerprint density at radius 3 is 2.68 bits per heavy atom. The summed E-state index contributed by atoms with van der Waals surface area (Å²) in [6.07, 6.45) is 0.980. The maximum atomic E-state index is 13.2. The molecular weight excluding hydrogens is 460 g/mol. The van der Waals surface area contributed by atoms with E-state index in [9.17, 15) is 14.4 Å². The SMILES string of the molecule is CC(=O)Nc1ccc(N2C(=O)C[C@@H](N3CCc4[nH]c5c(Br)cccc5c4C3)C2=O)cc1. The topological polar surface area (TPSA) is 85.5 Å². The number of aromatic amines is 1. The van der Waals surface area contributed by atoms with Crippen LogP contribution in [0.4, 0.5) is 11.4 Å². The van der Waals surface area contributed by atoms with E-state index in [1.54, 1.807) is 24.3 Å². The molecule has 0 bridgehead atoms. The third-order valence-corrected chi connectivity index (χ3v) is 6.66. The van der Waals surface area contributed by atoms with Gasteiger partial charge in [-0.1, -0.05) is 12.1 Å². The van der Waals surface area contributed by atoms with E-state index >= 15 is 0 Å². The molecule has 3 aromatic rings. The first-order valence-corrected chi connectivity index (χ1v) is 11.0. The minimum Gasteiger partial charge on any atom is -0.357 e. The van der Waals surface area contributed by atoms with Crippen LogP contribution in [0.25, 0.3) is 10.9 Å². The van der Waals surface area contributed by atoms with Crippen LogP contribution in [-0.4, -0.2) is 40.2 Å². The number of H-pyrrole nitrogens is 1. The third-order valence-electron chi connectivity index (χ3n) is 6.00. The molecule has 1 atom stereocenters. The van der Waals surface area contributed by atoms with Crippen LogP contribution in [-0.2, 0) is 27.3 Å². The number of rotatable bonds is 3. The molecule has 158 valence electrons. The minimum atomic E-state index is -0.465. The van der Waals surface area contributed by atoms with Crippen LogP contribution < -0.4 is 10.2 Å². The summed E-state index contributed by atoms with van der Waals surface area (Å²) >= 11 is 3.60. The van der Waals surface area contributed by atoms with Gasteiger partial charge in [0.2, 0.25) is 11.8 Å². The predicted octanol–water partition coefficient (Wildman–Crippen LogP) is 3.58. The van der Waals surface area contributed by atoms with Crippen molar-refractivity contribution in [2.75, 3.05) is 16.8 Å². The number of benzene rings is 2. The number of hydrogen-bond acceptors (Lipinski definition) is 4. The highest BCUT2D eigenvalue weighted by Crippen LogP contribution is 2.34. The summed E-state index contributed by atoms with van der Waals surface area (Å²) in [6, 6.07) is 12.4. The van der Waals surface area contributed by atoms with Crippen molar-refractivity contribution in [2.24, 2.45) is 0 Å². The monoisotopic (exact) mass is 480 g/mol. The number of halogens is 1. The normalized spacial score (nSPS) is 19.2. The van der Waals surface area contributed by atoms with E-state index in [4.69, 9.17) is 0 Å². The van der Waals surface area contributed by atoms with Crippen LogP contribution in [0.5, 0.6) is 0 Å². The van der Waals surface area contributed by atoms with Crippen molar-refractivity contribution >= 4 is 55.9 Å². The molecule has 2 aliphatic rings. The Labute approximate surface area is 187 Å². The van der Waals surface area contributed by atoms with Gasteiger partial charge in [0.05, 0.1) is 23.7 Å². The van der Waals surface area contributed by atoms with Gasteiger partial charge in [-0.3, -0.25) is 19.3 Å². The number of carbonyl (C=O) groups excluding carboxylic acids is 3. The molecule has 2 aliphatic heterocycles. The zero-order valence-corrected chi connectivity index (χ0v) is 18.5. The molecule has 0 unspecified atom stereocenters. The highest BCUT2D eigenvalue weighted by Gasteiger charge is 2.43. The first-order chi connectivity index (χ1) is 14.9. The van der Waals surface area contributed by atoms with E-state index < -0.39 is 6.04 Å². The second kappa shape index (κ2) is 7.62. The Hall–Kier alpha value is -2.97. The summed E-state index contributed by atoms with van der Waals surface area (Å²) in [4.78, 5) is 44.1. The van der Waals surface area contributed by atoms with Crippen molar-refractivity contribution in [3.05, 3.63) is 58.2 Å². The number of imide groups is 1. The molecule has 3 heterocycles. The Morgan fingerprint density at radius 2 is 1.94 bits per heavy atom. The Kier molecular flexibility index (Phi) is 4.91. The van der Waals surface area contributed by atoms with Gasteiger partial charge in [-0.05, 0) is 51.8 Å². The fraction of sp³-hybridized carbons (Fsp3) is 0.261. The van der Waals surface area contributed by atoms with Gasteiger partial charge in [-0.2, -0.15) is 0 Å². The molecule has 1 aromatic heterocycles. The quantitative estimate of drug-likeness (QED) is 0.561. The van der Waals surface area contributed by atoms with Gasteiger partial charge in [-0.15, -0.1) is 0 Å². The molecule has 31 heavy (non-hydrogen) atoms. The Morgan fingerprint density at radius 1 is 1.16 bits per heavy atom. The zero-order chi connectivity index (χ0) is 21.7. The van der Waals surface area contributed by atoms with E-state index in [2.05, 4.69) is 37.2 Å². The Balaban J connectivity index is 1.38. The molecule has 0 aliphatic carbocycles. The van der Waals surface area contributed by atoms with Crippen LogP contribution in [0.2, 0.25) is 0 Å². The molecule has 2 N–H and O–H groups in total. The molecule has 7 nitrogen and oxygen atoms in total. The number of para-hydroxylation sites is 1. The molecule has 8 heteroatoms. The van der Waals surface area contributed by atoms with E-state index in [0.717, 1.165) is 28.3 Å². The van der Waals surface area contributed by atoms with Gasteiger partial charge >= 0.3 is 0 Å². The van der Waals surface area contributed by atoms with E-state index in [1.807, 2.05) is 12.1 Å². The van der Waals surface area contributed by atoms with Crippen LogP contribution in [0.3, 0.4) is 0 Å². The molecule has 5 rings (SSSR count). The molecular formula is C23H21BrN4O3. The summed E-state index contributed by atoms with van der Waals surface area (Å²) in [5.41, 5.74) is 4.62. The Bertz CT molecular complexity index is 1220. The van der Waals surface area contributed by atoms with Gasteiger partial charge in [0.15, 0.2) is 0 Å². The average Bonchev–Trinajstić information content (AvgIpc) is 3.26. The van der Waals surface area contributed by atoms with Crippen molar-refractivity contribution in [3.63, 3.8) is 0 Å². The summed E-state index contributed by atoms with van der Waals surface area (Å²) in [6.45, 7) is 2.78. The molecule has 2 aromatic carbocycles. The second-order valence-electron chi connectivity index (χ2n) is 7.98. The van der Waals surface area contributed by atoms with E-state index in [0.29, 0.717) is 17.9 Å². The smallest absolute Gasteiger partial charge is 0.251 e. The van der Waals surface area contributed by atoms with Crippen molar-refractivity contribution < 1.29 is 14.4 Å². The summed E-state index contributed by atoms with van der Waals surface area (Å²) in [5.74, 6) is -0.564. The number of fused-ring (bicyclic) bond motifs is 3. The van der Waals surface area contributed by atoms with Crippen LogP contribution in [0.15, 0.2) is 46.9 Å². The fourth-order valence-electron chi connectivity index (χ4n) is 4.56. The summed E-state index contributed by atoms with van der Waals surface area (Å²) in [7, 11) is 0. The van der Waals surface area contributed by atoms with Crippen LogP contribution in [0, 0.1) is 0 Å². The maximum Gasteiger partial charge on any atom is 0.251 e. The first kappa shape index (κ1) is 20.0. The first-order valence-electron chi connectivity index (χ1n) is 10.2. The molecule has 0 spiro atoms. The number of carbonyl (C=O) groups is 3. The highest BCUT2D eigenvalue weighted by atomic mass is 79.9. The average molecular weight is 481 g/mol.